The first kappa shape index (κ1) is 33.2. The lowest BCUT2D eigenvalue weighted by Crippen LogP contribution is -2.61. The van der Waals surface area contributed by atoms with Crippen LogP contribution in [0.25, 0.3) is 0 Å². The van der Waals surface area contributed by atoms with E-state index < -0.39 is 54.1 Å². The maximum atomic E-state index is 12.1. The summed E-state index contributed by atoms with van der Waals surface area (Å²) in [4.78, 5) is 0. The highest BCUT2D eigenvalue weighted by atomic mass is 16.8. The van der Waals surface area contributed by atoms with Gasteiger partial charge in [0.15, 0.2) is 12.1 Å². The lowest BCUT2D eigenvalue weighted by molar-refractivity contribution is -0.329. The van der Waals surface area contributed by atoms with Gasteiger partial charge >= 0.3 is 0 Å². The lowest BCUT2D eigenvalue weighted by Gasteiger charge is -2.46. The van der Waals surface area contributed by atoms with Crippen molar-refractivity contribution in [3.63, 3.8) is 0 Å². The highest BCUT2D eigenvalue weighted by molar-refractivity contribution is 5.50. The van der Waals surface area contributed by atoms with E-state index in [0.29, 0.717) is 25.7 Å². The quantitative estimate of drug-likeness (QED) is 0.157. The molecule has 3 aliphatic carbocycles. The van der Waals surface area contributed by atoms with Crippen LogP contribution in [-0.4, -0.2) is 109 Å². The van der Waals surface area contributed by atoms with Crippen LogP contribution in [0.4, 0.5) is 0 Å². The zero-order chi connectivity index (χ0) is 31.3. The summed E-state index contributed by atoms with van der Waals surface area (Å²) in [7, 11) is 1.73. The number of hydrogen-bond donors (Lipinski definition) is 4. The molecule has 10 nitrogen and oxygen atoms in total. The Morgan fingerprint density at radius 3 is 2.40 bits per heavy atom. The van der Waals surface area contributed by atoms with Gasteiger partial charge in [-0.25, -0.2) is 0 Å². The van der Waals surface area contributed by atoms with Crippen molar-refractivity contribution < 1.29 is 48.8 Å². The Morgan fingerprint density at radius 1 is 1.05 bits per heavy atom. The summed E-state index contributed by atoms with van der Waals surface area (Å²) in [6.45, 7) is 13.5. The van der Waals surface area contributed by atoms with E-state index in [-0.39, 0.29) is 30.5 Å². The molecule has 244 valence electrons. The fourth-order valence-corrected chi connectivity index (χ4v) is 7.65. The van der Waals surface area contributed by atoms with Crippen molar-refractivity contribution in [2.75, 3.05) is 33.5 Å². The molecule has 0 aromatic rings. The van der Waals surface area contributed by atoms with Crippen molar-refractivity contribution in [1.29, 1.82) is 0 Å². The maximum Gasteiger partial charge on any atom is 0.194 e. The topological polar surface area (TPSA) is 140 Å². The molecule has 13 atom stereocenters. The lowest BCUT2D eigenvalue weighted by atomic mass is 9.68. The van der Waals surface area contributed by atoms with Crippen molar-refractivity contribution in [3.8, 4) is 0 Å². The highest BCUT2D eigenvalue weighted by Gasteiger charge is 2.53. The highest BCUT2D eigenvalue weighted by Crippen LogP contribution is 2.53. The average Bonchev–Trinajstić information content (AvgIpc) is 3.69. The molecule has 0 aromatic heterocycles. The first-order valence-corrected chi connectivity index (χ1v) is 15.9. The molecule has 5 aliphatic rings. The minimum atomic E-state index is -1.55. The van der Waals surface area contributed by atoms with E-state index in [2.05, 4.69) is 45.9 Å². The molecule has 0 spiro atoms. The summed E-state index contributed by atoms with van der Waals surface area (Å²) >= 11 is 0. The fraction of sp³-hybridized carbons (Fsp3) is 0.818. The smallest absolute Gasteiger partial charge is 0.194 e. The molecule has 0 bridgehead atoms. The van der Waals surface area contributed by atoms with Gasteiger partial charge < -0.3 is 48.8 Å². The summed E-state index contributed by atoms with van der Waals surface area (Å²) in [5, 5.41) is 44.9. The summed E-state index contributed by atoms with van der Waals surface area (Å²) in [5.41, 5.74) is 2.79. The van der Waals surface area contributed by atoms with Crippen molar-refractivity contribution in [1.82, 2.24) is 0 Å². The van der Waals surface area contributed by atoms with Crippen molar-refractivity contribution >= 4 is 0 Å². The summed E-state index contributed by atoms with van der Waals surface area (Å²) in [6.07, 6.45) is -0.284. The molecule has 1 saturated carbocycles. The van der Waals surface area contributed by atoms with Crippen LogP contribution < -0.4 is 0 Å². The Bertz CT molecular complexity index is 1080. The second kappa shape index (κ2) is 12.9. The zero-order valence-corrected chi connectivity index (χ0v) is 26.6. The molecule has 43 heavy (non-hydrogen) atoms. The predicted molar refractivity (Wildman–Crippen MR) is 158 cm³/mol. The number of ether oxygens (including phenoxy) is 6. The van der Waals surface area contributed by atoms with Gasteiger partial charge in [-0.1, -0.05) is 44.6 Å². The van der Waals surface area contributed by atoms with Gasteiger partial charge in [-0.15, -0.1) is 0 Å². The molecule has 2 heterocycles. The van der Waals surface area contributed by atoms with Gasteiger partial charge in [0.1, 0.15) is 36.6 Å². The number of allylic oxidation sites excluding steroid dienone is 4. The number of rotatable bonds is 11. The molecule has 3 fully saturated rings. The number of hydrogen-bond acceptors (Lipinski definition) is 10. The van der Waals surface area contributed by atoms with Crippen molar-refractivity contribution in [2.24, 2.45) is 29.1 Å². The van der Waals surface area contributed by atoms with Crippen LogP contribution in [-0.2, 0) is 28.4 Å². The number of methoxy groups -OCH3 is 1. The van der Waals surface area contributed by atoms with E-state index in [1.807, 2.05) is 6.92 Å². The van der Waals surface area contributed by atoms with Crippen LogP contribution in [0.2, 0.25) is 0 Å². The molecule has 10 heteroatoms. The van der Waals surface area contributed by atoms with Gasteiger partial charge in [-0.3, -0.25) is 0 Å². The Morgan fingerprint density at radius 2 is 1.77 bits per heavy atom. The van der Waals surface area contributed by atoms with E-state index in [9.17, 15) is 20.4 Å². The van der Waals surface area contributed by atoms with Gasteiger partial charge in [0.25, 0.3) is 0 Å². The summed E-state index contributed by atoms with van der Waals surface area (Å²) < 4.78 is 35.5. The summed E-state index contributed by atoms with van der Waals surface area (Å²) in [6, 6.07) is 0. The summed E-state index contributed by atoms with van der Waals surface area (Å²) in [5.74, 6) is -0.588. The molecule has 0 aromatic carbocycles. The molecule has 0 amide bonds. The number of aliphatic hydroxyl groups is 4. The first-order chi connectivity index (χ1) is 20.3. The minimum absolute atomic E-state index is 0.126. The van der Waals surface area contributed by atoms with E-state index in [1.165, 1.54) is 5.57 Å². The van der Waals surface area contributed by atoms with Crippen LogP contribution in [0.3, 0.4) is 0 Å². The molecule has 4 N–H and O–H groups in total. The van der Waals surface area contributed by atoms with Crippen LogP contribution in [0.1, 0.15) is 54.4 Å². The molecule has 0 radical (unpaired) electrons. The van der Waals surface area contributed by atoms with Crippen LogP contribution in [0.5, 0.6) is 0 Å². The second-order valence-electron chi connectivity index (χ2n) is 13.6. The molecule has 5 rings (SSSR count). The minimum Gasteiger partial charge on any atom is -0.390 e. The van der Waals surface area contributed by atoms with Gasteiger partial charge in [0.2, 0.25) is 0 Å². The van der Waals surface area contributed by atoms with E-state index in [0.717, 1.165) is 24.0 Å². The normalized spacial score (nSPS) is 45.3. The predicted octanol–water partition coefficient (Wildman–Crippen LogP) is 2.49. The number of aliphatic hydroxyl groups excluding tert-OH is 4. The number of epoxide rings is 1. The Hall–Kier alpha value is -1.18. The standard InChI is InChI=1S/C33H52O10/c1-8-40-33(6,24-16-39-24)41-15-23-27(35)28(36)29(37)31(42-23)43-30-25-20(17(2)3)11-12-32(25,5)13-22-19(14-38-7)9-10-21(22)18(4)26(30)34/h11-13,17-19,21,23-24,26-31,34-37H,8-10,14-16H2,1-7H3/b22-13-/t18-,19-,21+,23+,24?,26-,27?,28?,29?,30-,31-,32-,33?/m1/s1. The third-order valence-electron chi connectivity index (χ3n) is 10.3. The van der Waals surface area contributed by atoms with Crippen molar-refractivity contribution in [3.05, 3.63) is 34.9 Å². The SMILES string of the molecule is CCOC(C)(OC[C@@H]1O[C@H](O[C@@H]2C3=C(C(C)C)C=C[C@]3(C)/C=C3/[C@@H](COC)CC[C@H]3[C@@H](C)[C@H]2O)C(O)C(O)C1O)C1CO1. The number of fused-ring (bicyclic) bond motifs is 2. The largest absolute Gasteiger partial charge is 0.390 e. The Kier molecular flexibility index (Phi) is 9.96. The molecular weight excluding hydrogens is 556 g/mol. The zero-order valence-electron chi connectivity index (χ0n) is 26.6. The molecule has 5 unspecified atom stereocenters. The van der Waals surface area contributed by atoms with Gasteiger partial charge in [0, 0.05) is 25.0 Å². The van der Waals surface area contributed by atoms with Gasteiger partial charge in [-0.2, -0.15) is 0 Å². The monoisotopic (exact) mass is 608 g/mol. The molecular formula is C33H52O10. The van der Waals surface area contributed by atoms with Crippen LogP contribution in [0.15, 0.2) is 34.9 Å². The van der Waals surface area contributed by atoms with Gasteiger partial charge in [-0.05, 0) is 62.5 Å². The van der Waals surface area contributed by atoms with Crippen LogP contribution >= 0.6 is 0 Å². The van der Waals surface area contributed by atoms with E-state index >= 15 is 0 Å². The van der Waals surface area contributed by atoms with Crippen LogP contribution in [0, 0.1) is 29.1 Å². The van der Waals surface area contributed by atoms with Gasteiger partial charge in [0.05, 0.1) is 25.9 Å². The Labute approximate surface area is 255 Å². The Balaban J connectivity index is 1.45. The van der Waals surface area contributed by atoms with E-state index in [4.69, 9.17) is 28.4 Å². The van der Waals surface area contributed by atoms with E-state index in [1.54, 1.807) is 14.0 Å². The first-order valence-electron chi connectivity index (χ1n) is 15.9. The van der Waals surface area contributed by atoms with Crippen molar-refractivity contribution in [2.45, 2.75) is 109 Å². The molecule has 2 aliphatic heterocycles. The average molecular weight is 609 g/mol. The third kappa shape index (κ3) is 6.30. The maximum absolute atomic E-state index is 12.1. The second-order valence-corrected chi connectivity index (χ2v) is 13.6. The fourth-order valence-electron chi connectivity index (χ4n) is 7.65. The molecule has 2 saturated heterocycles. The third-order valence-corrected chi connectivity index (χ3v) is 10.3.